The third kappa shape index (κ3) is 2.88. The van der Waals surface area contributed by atoms with Crippen LogP contribution in [0.25, 0.3) is 0 Å². The van der Waals surface area contributed by atoms with Crippen molar-refractivity contribution in [2.24, 2.45) is 5.73 Å². The fourth-order valence-electron chi connectivity index (χ4n) is 2.41. The summed E-state index contributed by atoms with van der Waals surface area (Å²) >= 11 is 1.85. The fraction of sp³-hybridized carbons (Fsp3) is 0.692. The molecule has 17 heavy (non-hydrogen) atoms. The average molecular weight is 254 g/mol. The molecule has 1 aliphatic heterocycles. The summed E-state index contributed by atoms with van der Waals surface area (Å²) in [7, 11) is 0. The van der Waals surface area contributed by atoms with Crippen LogP contribution in [0.4, 0.5) is 0 Å². The molecular weight excluding hydrogens is 232 g/mol. The second-order valence-electron chi connectivity index (χ2n) is 4.89. The van der Waals surface area contributed by atoms with Gasteiger partial charge in [-0.3, -0.25) is 4.90 Å². The molecule has 1 fully saturated rings. The van der Waals surface area contributed by atoms with E-state index in [0.29, 0.717) is 24.7 Å². The van der Waals surface area contributed by atoms with Gasteiger partial charge in [-0.05, 0) is 32.9 Å². The minimum Gasteiger partial charge on any atom is -0.376 e. The van der Waals surface area contributed by atoms with Crippen molar-refractivity contribution >= 4 is 11.3 Å². The van der Waals surface area contributed by atoms with Gasteiger partial charge in [0.15, 0.2) is 0 Å². The average Bonchev–Trinajstić information content (AvgIpc) is 2.71. The lowest BCUT2D eigenvalue weighted by Gasteiger charge is -2.41. The van der Waals surface area contributed by atoms with Gasteiger partial charge in [-0.25, -0.2) is 0 Å². The van der Waals surface area contributed by atoms with Gasteiger partial charge in [-0.2, -0.15) is 0 Å². The van der Waals surface area contributed by atoms with Crippen molar-refractivity contribution in [3.63, 3.8) is 0 Å². The Morgan fingerprint density at radius 2 is 2.29 bits per heavy atom. The van der Waals surface area contributed by atoms with Crippen molar-refractivity contribution in [3.05, 3.63) is 21.9 Å². The highest BCUT2D eigenvalue weighted by Crippen LogP contribution is 2.30. The van der Waals surface area contributed by atoms with Crippen LogP contribution in [0.15, 0.2) is 12.1 Å². The van der Waals surface area contributed by atoms with Crippen LogP contribution in [0.3, 0.4) is 0 Å². The molecule has 0 aromatic carbocycles. The summed E-state index contributed by atoms with van der Waals surface area (Å²) in [6, 6.07) is 5.18. The Kier molecular flexibility index (Phi) is 4.20. The molecular formula is C13H22N2OS. The first kappa shape index (κ1) is 13.0. The highest BCUT2D eigenvalue weighted by Gasteiger charge is 2.30. The summed E-state index contributed by atoms with van der Waals surface area (Å²) < 4.78 is 5.68. The number of ether oxygens (including phenoxy) is 1. The van der Waals surface area contributed by atoms with Gasteiger partial charge in [0, 0.05) is 28.9 Å². The fourth-order valence-corrected chi connectivity index (χ4v) is 3.42. The number of aryl methyl sites for hydroxylation is 1. The predicted octanol–water partition coefficient (Wildman–Crippen LogP) is 2.17. The molecule has 96 valence electrons. The van der Waals surface area contributed by atoms with E-state index in [1.165, 1.54) is 9.75 Å². The molecule has 3 nitrogen and oxygen atoms in total. The molecule has 0 amide bonds. The maximum absolute atomic E-state index is 5.98. The van der Waals surface area contributed by atoms with Gasteiger partial charge < -0.3 is 10.5 Å². The second-order valence-corrected chi connectivity index (χ2v) is 6.21. The smallest absolute Gasteiger partial charge is 0.0675 e. The van der Waals surface area contributed by atoms with Crippen LogP contribution >= 0.6 is 11.3 Å². The molecule has 3 unspecified atom stereocenters. The van der Waals surface area contributed by atoms with Gasteiger partial charge in [0.1, 0.15) is 0 Å². The van der Waals surface area contributed by atoms with Crippen LogP contribution in [0.5, 0.6) is 0 Å². The molecule has 0 spiro atoms. The largest absolute Gasteiger partial charge is 0.376 e. The maximum Gasteiger partial charge on any atom is 0.0675 e. The first-order valence-corrected chi connectivity index (χ1v) is 7.07. The van der Waals surface area contributed by atoms with E-state index in [4.69, 9.17) is 10.5 Å². The van der Waals surface area contributed by atoms with Gasteiger partial charge >= 0.3 is 0 Å². The van der Waals surface area contributed by atoms with E-state index < -0.39 is 0 Å². The van der Waals surface area contributed by atoms with Crippen molar-refractivity contribution in [1.82, 2.24) is 4.90 Å². The zero-order valence-corrected chi connectivity index (χ0v) is 11.7. The molecule has 0 aliphatic carbocycles. The van der Waals surface area contributed by atoms with E-state index in [0.717, 1.165) is 13.2 Å². The lowest BCUT2D eigenvalue weighted by atomic mass is 10.1. The monoisotopic (exact) mass is 254 g/mol. The molecule has 0 bridgehead atoms. The van der Waals surface area contributed by atoms with Crippen molar-refractivity contribution in [2.75, 3.05) is 19.7 Å². The zero-order valence-electron chi connectivity index (χ0n) is 10.8. The lowest BCUT2D eigenvalue weighted by Crippen LogP contribution is -2.50. The number of morpholine rings is 1. The molecule has 1 aromatic heterocycles. The van der Waals surface area contributed by atoms with Gasteiger partial charge in [-0.1, -0.05) is 0 Å². The zero-order chi connectivity index (χ0) is 12.4. The van der Waals surface area contributed by atoms with E-state index in [-0.39, 0.29) is 0 Å². The van der Waals surface area contributed by atoms with Gasteiger partial charge in [0.25, 0.3) is 0 Å². The molecule has 2 rings (SSSR count). The molecule has 3 atom stereocenters. The topological polar surface area (TPSA) is 38.5 Å². The normalized spacial score (nSPS) is 28.2. The number of rotatable bonds is 3. The van der Waals surface area contributed by atoms with Crippen LogP contribution in [0.1, 0.15) is 29.6 Å². The second kappa shape index (κ2) is 5.48. The molecule has 4 heteroatoms. The van der Waals surface area contributed by atoms with E-state index in [1.54, 1.807) is 0 Å². The van der Waals surface area contributed by atoms with E-state index in [1.807, 2.05) is 11.3 Å². The van der Waals surface area contributed by atoms with Gasteiger partial charge in [0.2, 0.25) is 0 Å². The maximum atomic E-state index is 5.98. The van der Waals surface area contributed by atoms with Crippen LogP contribution in [-0.4, -0.2) is 36.7 Å². The third-order valence-corrected chi connectivity index (χ3v) is 4.47. The summed E-state index contributed by atoms with van der Waals surface area (Å²) in [5.74, 6) is 0. The molecule has 1 aromatic rings. The highest BCUT2D eigenvalue weighted by atomic mass is 32.1. The number of hydrogen-bond acceptors (Lipinski definition) is 4. The minimum absolute atomic E-state index is 0.307. The summed E-state index contributed by atoms with van der Waals surface area (Å²) in [6.45, 7) is 8.95. The van der Waals surface area contributed by atoms with Crippen LogP contribution in [0, 0.1) is 6.92 Å². The summed E-state index contributed by atoms with van der Waals surface area (Å²) in [5, 5.41) is 0. The van der Waals surface area contributed by atoms with Crippen molar-refractivity contribution < 1.29 is 4.74 Å². The molecule has 0 radical (unpaired) electrons. The number of nitrogens with zero attached hydrogens (tertiary/aromatic N) is 1. The van der Waals surface area contributed by atoms with E-state index >= 15 is 0 Å². The Bertz CT molecular complexity index is 366. The quantitative estimate of drug-likeness (QED) is 0.898. The summed E-state index contributed by atoms with van der Waals surface area (Å²) in [6.07, 6.45) is 0.307. The minimum atomic E-state index is 0.307. The van der Waals surface area contributed by atoms with Crippen molar-refractivity contribution in [3.8, 4) is 0 Å². The summed E-state index contributed by atoms with van der Waals surface area (Å²) in [5.41, 5.74) is 5.98. The van der Waals surface area contributed by atoms with Crippen molar-refractivity contribution in [2.45, 2.75) is 39.0 Å². The van der Waals surface area contributed by atoms with Crippen LogP contribution < -0.4 is 5.73 Å². The van der Waals surface area contributed by atoms with Gasteiger partial charge in [-0.15, -0.1) is 11.3 Å². The number of thiophene rings is 1. The molecule has 1 aliphatic rings. The first-order chi connectivity index (χ1) is 8.11. The Labute approximate surface area is 108 Å². The molecule has 0 saturated carbocycles. The van der Waals surface area contributed by atoms with Crippen LogP contribution in [0.2, 0.25) is 0 Å². The number of hydrogen-bond donors (Lipinski definition) is 1. The highest BCUT2D eigenvalue weighted by molar-refractivity contribution is 7.12. The SMILES string of the molecule is Cc1ccc(C(CN)N2CC(C)OCC2C)s1. The first-order valence-electron chi connectivity index (χ1n) is 6.25. The third-order valence-electron chi connectivity index (χ3n) is 3.37. The van der Waals surface area contributed by atoms with E-state index in [2.05, 4.69) is 37.8 Å². The standard InChI is InChI=1S/C13H22N2OS/c1-9-8-16-10(2)7-15(9)12(6-14)13-5-4-11(3)17-13/h4-5,9-10,12H,6-8,14H2,1-3H3. The molecule has 1 saturated heterocycles. The van der Waals surface area contributed by atoms with Crippen molar-refractivity contribution in [1.29, 1.82) is 0 Å². The summed E-state index contributed by atoms with van der Waals surface area (Å²) in [4.78, 5) is 5.22. The Morgan fingerprint density at radius 1 is 1.53 bits per heavy atom. The lowest BCUT2D eigenvalue weighted by molar-refractivity contribution is -0.0648. The van der Waals surface area contributed by atoms with Crippen LogP contribution in [-0.2, 0) is 4.74 Å². The Morgan fingerprint density at radius 3 is 2.88 bits per heavy atom. The van der Waals surface area contributed by atoms with E-state index in [9.17, 15) is 0 Å². The Hall–Kier alpha value is -0.420. The molecule has 2 heterocycles. The number of nitrogens with two attached hydrogens (primary N) is 1. The van der Waals surface area contributed by atoms with Gasteiger partial charge in [0.05, 0.1) is 18.8 Å². The predicted molar refractivity (Wildman–Crippen MR) is 72.4 cm³/mol. The Balaban J connectivity index is 2.16. The molecule has 2 N–H and O–H groups in total.